The molecular formula is C22H28N4O2. The lowest BCUT2D eigenvalue weighted by Crippen LogP contribution is -2.45. The maximum atomic E-state index is 12.2. The van der Waals surface area contributed by atoms with Crippen molar-refractivity contribution in [2.45, 2.75) is 51.6 Å². The van der Waals surface area contributed by atoms with Crippen LogP contribution in [-0.2, 0) is 0 Å². The van der Waals surface area contributed by atoms with Crippen LogP contribution in [0.15, 0.2) is 48.5 Å². The van der Waals surface area contributed by atoms with E-state index in [-0.39, 0.29) is 24.1 Å². The van der Waals surface area contributed by atoms with Gasteiger partial charge in [-0.15, -0.1) is 0 Å². The van der Waals surface area contributed by atoms with E-state index in [9.17, 15) is 9.59 Å². The molecule has 1 aliphatic rings. The number of benzene rings is 2. The van der Waals surface area contributed by atoms with Crippen molar-refractivity contribution in [1.29, 1.82) is 0 Å². The fourth-order valence-electron chi connectivity index (χ4n) is 3.53. The lowest BCUT2D eigenvalue weighted by Gasteiger charge is -2.29. The Morgan fingerprint density at radius 1 is 0.714 bits per heavy atom. The molecule has 3 rings (SSSR count). The molecule has 2 aromatic carbocycles. The summed E-state index contributed by atoms with van der Waals surface area (Å²) < 4.78 is 0. The number of anilines is 2. The summed E-state index contributed by atoms with van der Waals surface area (Å²) in [5.74, 6) is 0. The molecule has 0 heterocycles. The topological polar surface area (TPSA) is 82.3 Å². The van der Waals surface area contributed by atoms with Crippen LogP contribution in [0.25, 0.3) is 0 Å². The second kappa shape index (κ2) is 9.26. The van der Waals surface area contributed by atoms with Gasteiger partial charge in [0.25, 0.3) is 0 Å². The Hall–Kier alpha value is -3.02. The van der Waals surface area contributed by atoms with Crippen LogP contribution >= 0.6 is 0 Å². The summed E-state index contributed by atoms with van der Waals surface area (Å²) in [5, 5.41) is 11.8. The first-order valence-corrected chi connectivity index (χ1v) is 9.76. The number of carbonyl (C=O) groups excluding carboxylic acids is 2. The quantitative estimate of drug-likeness (QED) is 0.627. The van der Waals surface area contributed by atoms with E-state index in [1.165, 1.54) is 0 Å². The molecule has 4 N–H and O–H groups in total. The van der Waals surface area contributed by atoms with Crippen LogP contribution in [0.3, 0.4) is 0 Å². The molecule has 0 spiro atoms. The van der Waals surface area contributed by atoms with Gasteiger partial charge in [0.05, 0.1) is 0 Å². The highest BCUT2D eigenvalue weighted by Gasteiger charge is 2.23. The van der Waals surface area contributed by atoms with Gasteiger partial charge in [-0.25, -0.2) is 9.59 Å². The SMILES string of the molecule is Cc1cccc(NC(=O)NC2CCC(NC(=O)Nc3cccc(C)c3)CC2)c1. The zero-order chi connectivity index (χ0) is 19.9. The molecule has 4 amide bonds. The molecule has 0 bridgehead atoms. The van der Waals surface area contributed by atoms with Gasteiger partial charge >= 0.3 is 12.1 Å². The van der Waals surface area contributed by atoms with Gasteiger partial charge in [0, 0.05) is 23.5 Å². The fraction of sp³-hybridized carbons (Fsp3) is 0.364. The predicted molar refractivity (Wildman–Crippen MR) is 113 cm³/mol. The van der Waals surface area contributed by atoms with Gasteiger partial charge in [0.2, 0.25) is 0 Å². The normalized spacial score (nSPS) is 18.8. The smallest absolute Gasteiger partial charge is 0.319 e. The van der Waals surface area contributed by atoms with Gasteiger partial charge in [-0.05, 0) is 74.9 Å². The largest absolute Gasteiger partial charge is 0.335 e. The van der Waals surface area contributed by atoms with E-state index in [1.54, 1.807) is 0 Å². The van der Waals surface area contributed by atoms with Crippen LogP contribution in [0.4, 0.5) is 21.0 Å². The highest BCUT2D eigenvalue weighted by Crippen LogP contribution is 2.19. The Kier molecular flexibility index (Phi) is 6.53. The zero-order valence-electron chi connectivity index (χ0n) is 16.4. The van der Waals surface area contributed by atoms with Gasteiger partial charge in [0.15, 0.2) is 0 Å². The third-order valence-corrected chi connectivity index (χ3v) is 4.95. The van der Waals surface area contributed by atoms with Crippen LogP contribution in [-0.4, -0.2) is 24.1 Å². The number of hydrogen-bond donors (Lipinski definition) is 4. The molecule has 148 valence electrons. The molecule has 1 fully saturated rings. The van der Waals surface area contributed by atoms with Gasteiger partial charge < -0.3 is 21.3 Å². The Bertz CT molecular complexity index is 759. The summed E-state index contributed by atoms with van der Waals surface area (Å²) in [6.45, 7) is 3.99. The third-order valence-electron chi connectivity index (χ3n) is 4.95. The minimum Gasteiger partial charge on any atom is -0.335 e. The number of aryl methyl sites for hydroxylation is 2. The highest BCUT2D eigenvalue weighted by atomic mass is 16.2. The van der Waals surface area contributed by atoms with Crippen LogP contribution in [0.1, 0.15) is 36.8 Å². The molecule has 0 radical (unpaired) electrons. The van der Waals surface area contributed by atoms with Crippen molar-refractivity contribution < 1.29 is 9.59 Å². The Balaban J connectivity index is 1.39. The predicted octanol–water partition coefficient (Wildman–Crippen LogP) is 4.56. The maximum absolute atomic E-state index is 12.2. The minimum atomic E-state index is -0.181. The van der Waals surface area contributed by atoms with Gasteiger partial charge in [-0.2, -0.15) is 0 Å². The zero-order valence-corrected chi connectivity index (χ0v) is 16.4. The molecule has 0 saturated heterocycles. The van der Waals surface area contributed by atoms with Crippen LogP contribution < -0.4 is 21.3 Å². The van der Waals surface area contributed by atoms with E-state index >= 15 is 0 Å². The van der Waals surface area contributed by atoms with Crippen molar-refractivity contribution in [2.75, 3.05) is 10.6 Å². The second-order valence-electron chi connectivity index (χ2n) is 7.48. The molecule has 6 heteroatoms. The molecule has 0 aromatic heterocycles. The number of carbonyl (C=O) groups is 2. The summed E-state index contributed by atoms with van der Waals surface area (Å²) in [7, 11) is 0. The molecule has 1 saturated carbocycles. The standard InChI is InChI=1S/C22H28N4O2/c1-15-5-3-7-19(13-15)25-21(27)23-17-9-11-18(12-10-17)24-22(28)26-20-8-4-6-16(2)14-20/h3-8,13-14,17-18H,9-12H2,1-2H3,(H2,23,25,27)(H2,24,26,28). The summed E-state index contributed by atoms with van der Waals surface area (Å²) >= 11 is 0. The molecule has 0 atom stereocenters. The second-order valence-corrected chi connectivity index (χ2v) is 7.48. The van der Waals surface area contributed by atoms with Crippen molar-refractivity contribution in [2.24, 2.45) is 0 Å². The summed E-state index contributed by atoms with van der Waals surface area (Å²) in [6.07, 6.45) is 3.38. The van der Waals surface area contributed by atoms with E-state index in [4.69, 9.17) is 0 Å². The van der Waals surface area contributed by atoms with Crippen molar-refractivity contribution in [1.82, 2.24) is 10.6 Å². The van der Waals surface area contributed by atoms with Crippen molar-refractivity contribution in [3.63, 3.8) is 0 Å². The number of rotatable bonds is 4. The van der Waals surface area contributed by atoms with Crippen LogP contribution in [0, 0.1) is 13.8 Å². The van der Waals surface area contributed by atoms with Crippen LogP contribution in [0.5, 0.6) is 0 Å². The Labute approximate surface area is 166 Å². The van der Waals surface area contributed by atoms with E-state index in [0.29, 0.717) is 0 Å². The molecule has 1 aliphatic carbocycles. The molecule has 0 aliphatic heterocycles. The first-order valence-electron chi connectivity index (χ1n) is 9.76. The fourth-order valence-corrected chi connectivity index (χ4v) is 3.53. The maximum Gasteiger partial charge on any atom is 0.319 e. The molecular weight excluding hydrogens is 352 g/mol. The van der Waals surface area contributed by atoms with Crippen molar-refractivity contribution in [3.05, 3.63) is 59.7 Å². The first-order chi connectivity index (χ1) is 13.5. The highest BCUT2D eigenvalue weighted by molar-refractivity contribution is 5.90. The average molecular weight is 380 g/mol. The van der Waals surface area contributed by atoms with E-state index < -0.39 is 0 Å². The number of nitrogens with one attached hydrogen (secondary N) is 4. The number of urea groups is 2. The lowest BCUT2D eigenvalue weighted by molar-refractivity contribution is 0.233. The minimum absolute atomic E-state index is 0.127. The Morgan fingerprint density at radius 2 is 1.11 bits per heavy atom. The number of hydrogen-bond acceptors (Lipinski definition) is 2. The number of amides is 4. The molecule has 2 aromatic rings. The van der Waals surface area contributed by atoms with Crippen molar-refractivity contribution in [3.8, 4) is 0 Å². The van der Waals surface area contributed by atoms with E-state index in [0.717, 1.165) is 48.2 Å². The van der Waals surface area contributed by atoms with Crippen LogP contribution in [0.2, 0.25) is 0 Å². The lowest BCUT2D eigenvalue weighted by atomic mass is 9.91. The van der Waals surface area contributed by atoms with E-state index in [1.807, 2.05) is 62.4 Å². The molecule has 28 heavy (non-hydrogen) atoms. The average Bonchev–Trinajstić information content (AvgIpc) is 2.63. The monoisotopic (exact) mass is 380 g/mol. The van der Waals surface area contributed by atoms with Crippen molar-refractivity contribution >= 4 is 23.4 Å². The summed E-state index contributed by atoms with van der Waals surface area (Å²) in [6, 6.07) is 15.3. The van der Waals surface area contributed by atoms with Gasteiger partial charge in [-0.1, -0.05) is 24.3 Å². The van der Waals surface area contributed by atoms with Gasteiger partial charge in [-0.3, -0.25) is 0 Å². The molecule has 6 nitrogen and oxygen atoms in total. The third kappa shape index (κ3) is 6.01. The van der Waals surface area contributed by atoms with Gasteiger partial charge in [0.1, 0.15) is 0 Å². The van der Waals surface area contributed by atoms with E-state index in [2.05, 4.69) is 21.3 Å². The molecule has 0 unspecified atom stereocenters. The Morgan fingerprint density at radius 3 is 1.46 bits per heavy atom. The summed E-state index contributed by atoms with van der Waals surface area (Å²) in [5.41, 5.74) is 3.79. The summed E-state index contributed by atoms with van der Waals surface area (Å²) in [4.78, 5) is 24.4. The first kappa shape index (κ1) is 19.7.